The molecule has 0 aliphatic carbocycles. The maximum atomic E-state index is 10.1. The lowest BCUT2D eigenvalue weighted by Gasteiger charge is -2.23. The van der Waals surface area contributed by atoms with Gasteiger partial charge in [0.25, 0.3) is 0 Å². The zero-order valence-electron chi connectivity index (χ0n) is 8.55. The van der Waals surface area contributed by atoms with E-state index in [1.54, 1.807) is 12.1 Å². The quantitative estimate of drug-likeness (QED) is 0.590. The lowest BCUT2D eigenvalue weighted by atomic mass is 9.85. The number of benzene rings is 1. The van der Waals surface area contributed by atoms with Crippen molar-refractivity contribution >= 4 is 29.3 Å². The van der Waals surface area contributed by atoms with Gasteiger partial charge in [0.15, 0.2) is 0 Å². The Morgan fingerprint density at radius 2 is 2.07 bits per heavy atom. The van der Waals surface area contributed by atoms with Crippen LogP contribution in [0.4, 0.5) is 0 Å². The lowest BCUT2D eigenvalue weighted by Crippen LogP contribution is -2.21. The summed E-state index contributed by atoms with van der Waals surface area (Å²) in [5.41, 5.74) is 0.631. The molecule has 0 aromatic heterocycles. The fourth-order valence-corrected chi connectivity index (χ4v) is 2.02. The molecule has 1 aromatic carbocycles. The molecule has 1 aromatic rings. The topological polar surface area (TPSA) is 29.4 Å². The molecule has 0 heterocycles. The zero-order chi connectivity index (χ0) is 11.5. The van der Waals surface area contributed by atoms with Crippen LogP contribution < -0.4 is 0 Å². The molecule has 0 radical (unpaired) electrons. The highest BCUT2D eigenvalue weighted by Crippen LogP contribution is 2.31. The predicted octanol–water partition coefficient (Wildman–Crippen LogP) is 3.61. The average molecular weight is 244 g/mol. The average Bonchev–Trinajstić information content (AvgIpc) is 2.14. The van der Waals surface area contributed by atoms with Crippen molar-refractivity contribution in [3.05, 3.63) is 33.8 Å². The molecule has 80 valence electrons. The number of nitrogens with zero attached hydrogens (tertiary/aromatic N) is 1. The van der Waals surface area contributed by atoms with Gasteiger partial charge in [0.2, 0.25) is 6.08 Å². The van der Waals surface area contributed by atoms with Gasteiger partial charge in [0, 0.05) is 15.5 Å². The van der Waals surface area contributed by atoms with Gasteiger partial charge in [0.1, 0.15) is 0 Å². The molecule has 0 saturated heterocycles. The molecule has 0 aliphatic heterocycles. The first-order valence-corrected chi connectivity index (χ1v) is 5.22. The van der Waals surface area contributed by atoms with Gasteiger partial charge in [-0.3, -0.25) is 0 Å². The molecule has 1 rings (SSSR count). The molecule has 0 spiro atoms. The molecule has 0 amide bonds. The predicted molar refractivity (Wildman–Crippen MR) is 62.5 cm³/mol. The van der Waals surface area contributed by atoms with E-state index in [9.17, 15) is 4.79 Å². The number of hydrogen-bond acceptors (Lipinski definition) is 2. The van der Waals surface area contributed by atoms with E-state index in [2.05, 4.69) is 4.99 Å². The molecule has 0 atom stereocenters. The summed E-state index contributed by atoms with van der Waals surface area (Å²) in [4.78, 5) is 13.7. The molecule has 0 aliphatic rings. The number of carbonyl (C=O) groups excluding carboxylic acids is 1. The van der Waals surface area contributed by atoms with Crippen molar-refractivity contribution < 1.29 is 4.79 Å². The smallest absolute Gasteiger partial charge is 0.211 e. The highest BCUT2D eigenvalue weighted by molar-refractivity contribution is 6.35. The van der Waals surface area contributed by atoms with Crippen molar-refractivity contribution in [2.24, 2.45) is 4.99 Å². The van der Waals surface area contributed by atoms with Crippen molar-refractivity contribution in [2.75, 3.05) is 6.54 Å². The Balaban J connectivity index is 3.08. The van der Waals surface area contributed by atoms with Gasteiger partial charge >= 0.3 is 0 Å². The Bertz CT molecular complexity index is 409. The van der Waals surface area contributed by atoms with Gasteiger partial charge in [-0.05, 0) is 17.7 Å². The minimum atomic E-state index is -0.293. The summed E-state index contributed by atoms with van der Waals surface area (Å²) in [6, 6.07) is 5.31. The van der Waals surface area contributed by atoms with E-state index < -0.39 is 0 Å². The Morgan fingerprint density at radius 1 is 1.40 bits per heavy atom. The minimum Gasteiger partial charge on any atom is -0.211 e. The first kappa shape index (κ1) is 12.3. The number of isocyanates is 1. The van der Waals surface area contributed by atoms with Crippen LogP contribution in [0.15, 0.2) is 23.2 Å². The van der Waals surface area contributed by atoms with Crippen LogP contribution in [0, 0.1) is 0 Å². The highest BCUT2D eigenvalue weighted by atomic mass is 35.5. The second-order valence-electron chi connectivity index (χ2n) is 3.92. The lowest BCUT2D eigenvalue weighted by molar-refractivity contribution is 0.526. The Hall–Kier alpha value is -0.820. The van der Waals surface area contributed by atoms with E-state index in [1.807, 2.05) is 19.9 Å². The van der Waals surface area contributed by atoms with Gasteiger partial charge in [-0.15, -0.1) is 0 Å². The number of rotatable bonds is 3. The largest absolute Gasteiger partial charge is 0.234 e. The molecule has 0 unspecified atom stereocenters. The van der Waals surface area contributed by atoms with Crippen molar-refractivity contribution in [3.8, 4) is 0 Å². The monoisotopic (exact) mass is 243 g/mol. The second-order valence-corrected chi connectivity index (χ2v) is 4.76. The van der Waals surface area contributed by atoms with Gasteiger partial charge in [-0.25, -0.2) is 9.79 Å². The van der Waals surface area contributed by atoms with Crippen LogP contribution in [0.3, 0.4) is 0 Å². The summed E-state index contributed by atoms with van der Waals surface area (Å²) in [7, 11) is 0. The third-order valence-electron chi connectivity index (χ3n) is 2.20. The van der Waals surface area contributed by atoms with Crippen LogP contribution in [0.1, 0.15) is 19.4 Å². The molecule has 2 nitrogen and oxygen atoms in total. The van der Waals surface area contributed by atoms with Gasteiger partial charge in [-0.1, -0.05) is 43.1 Å². The summed E-state index contributed by atoms with van der Waals surface area (Å²) in [6.07, 6.45) is 1.53. The number of aliphatic imine (C=N–C) groups is 1. The van der Waals surface area contributed by atoms with Crippen LogP contribution in [0.2, 0.25) is 10.0 Å². The third-order valence-corrected chi connectivity index (χ3v) is 2.75. The maximum Gasteiger partial charge on any atom is 0.234 e. The molecule has 4 heteroatoms. The summed E-state index contributed by atoms with van der Waals surface area (Å²) < 4.78 is 0. The summed E-state index contributed by atoms with van der Waals surface area (Å²) in [6.45, 7) is 4.28. The SMILES string of the molecule is CC(C)(CN=C=O)c1ccc(Cl)cc1Cl. The van der Waals surface area contributed by atoms with Crippen molar-refractivity contribution in [2.45, 2.75) is 19.3 Å². The normalized spacial score (nSPS) is 10.9. The molecule has 15 heavy (non-hydrogen) atoms. The van der Waals surface area contributed by atoms with E-state index in [4.69, 9.17) is 23.2 Å². The van der Waals surface area contributed by atoms with E-state index in [0.29, 0.717) is 16.6 Å². The first-order chi connectivity index (χ1) is 6.97. The van der Waals surface area contributed by atoms with Gasteiger partial charge in [0.05, 0.1) is 6.54 Å². The van der Waals surface area contributed by atoms with Crippen LogP contribution in [0.25, 0.3) is 0 Å². The van der Waals surface area contributed by atoms with Crippen LogP contribution >= 0.6 is 23.2 Å². The number of hydrogen-bond donors (Lipinski definition) is 0. The van der Waals surface area contributed by atoms with Crippen molar-refractivity contribution in [1.82, 2.24) is 0 Å². The molecule has 0 bridgehead atoms. The van der Waals surface area contributed by atoms with E-state index in [-0.39, 0.29) is 5.41 Å². The molecule has 0 saturated carbocycles. The maximum absolute atomic E-state index is 10.1. The summed E-state index contributed by atoms with van der Waals surface area (Å²) >= 11 is 11.9. The van der Waals surface area contributed by atoms with Crippen molar-refractivity contribution in [1.29, 1.82) is 0 Å². The summed E-state index contributed by atoms with van der Waals surface area (Å²) in [5.74, 6) is 0. The first-order valence-electron chi connectivity index (χ1n) is 4.46. The standard InChI is InChI=1S/C11H11Cl2NO/c1-11(2,6-14-7-15)9-4-3-8(12)5-10(9)13/h3-5H,6H2,1-2H3. The summed E-state index contributed by atoms with van der Waals surface area (Å²) in [5, 5.41) is 1.19. The Morgan fingerprint density at radius 3 is 2.60 bits per heavy atom. The highest BCUT2D eigenvalue weighted by Gasteiger charge is 2.23. The minimum absolute atomic E-state index is 0.293. The van der Waals surface area contributed by atoms with E-state index >= 15 is 0 Å². The van der Waals surface area contributed by atoms with Crippen molar-refractivity contribution in [3.63, 3.8) is 0 Å². The van der Waals surface area contributed by atoms with E-state index in [0.717, 1.165) is 5.56 Å². The fourth-order valence-electron chi connectivity index (χ4n) is 1.35. The Labute approximate surface area is 98.9 Å². The van der Waals surface area contributed by atoms with Gasteiger partial charge < -0.3 is 0 Å². The van der Waals surface area contributed by atoms with Gasteiger partial charge in [-0.2, -0.15) is 0 Å². The van der Waals surface area contributed by atoms with Crippen LogP contribution in [-0.4, -0.2) is 12.6 Å². The third kappa shape index (κ3) is 3.07. The second kappa shape index (κ2) is 4.80. The van der Waals surface area contributed by atoms with Crippen LogP contribution in [0.5, 0.6) is 0 Å². The fraction of sp³-hybridized carbons (Fsp3) is 0.364. The molecular formula is C11H11Cl2NO. The van der Waals surface area contributed by atoms with E-state index in [1.165, 1.54) is 6.08 Å². The molecule has 0 fully saturated rings. The number of halogens is 2. The Kier molecular flexibility index (Phi) is 3.92. The van der Waals surface area contributed by atoms with Crippen LogP contribution in [-0.2, 0) is 10.2 Å². The zero-order valence-corrected chi connectivity index (χ0v) is 10.1. The molecular weight excluding hydrogens is 233 g/mol. The molecule has 0 N–H and O–H groups in total.